The Kier molecular flexibility index (Phi) is 5.54. The van der Waals surface area contributed by atoms with Gasteiger partial charge >= 0.3 is 6.61 Å². The molecule has 0 saturated carbocycles. The number of benzene rings is 1. The molecule has 8 heteroatoms. The Hall–Kier alpha value is -0.750. The minimum atomic E-state index is -2.98. The number of nitrogens with one attached hydrogen (secondary N) is 1. The topological polar surface area (TPSA) is 21.3 Å². The fourth-order valence-corrected chi connectivity index (χ4v) is 3.29. The van der Waals surface area contributed by atoms with Gasteiger partial charge in [-0.15, -0.1) is 11.3 Å². The molecule has 0 amide bonds. The third kappa shape index (κ3) is 4.36. The summed E-state index contributed by atoms with van der Waals surface area (Å²) in [6.45, 7) is -1.05. The molecule has 0 aliphatic heterocycles. The van der Waals surface area contributed by atoms with Gasteiger partial charge in [-0.1, -0.05) is 34.8 Å². The number of halogens is 5. The molecule has 1 aromatic heterocycles. The number of anilines is 1. The van der Waals surface area contributed by atoms with E-state index in [2.05, 4.69) is 10.1 Å². The van der Waals surface area contributed by atoms with E-state index in [1.807, 2.05) is 18.4 Å². The van der Waals surface area contributed by atoms with Crippen LogP contribution >= 0.6 is 46.1 Å². The molecule has 1 N–H and O–H groups in total. The summed E-state index contributed by atoms with van der Waals surface area (Å²) in [6, 6.07) is 4.77. The molecule has 2 aromatic rings. The quantitative estimate of drug-likeness (QED) is 0.648. The largest absolute Gasteiger partial charge is 0.432 e. The van der Waals surface area contributed by atoms with Crippen LogP contribution in [0.15, 0.2) is 23.6 Å². The van der Waals surface area contributed by atoms with Gasteiger partial charge in [0.05, 0.1) is 14.4 Å². The zero-order valence-electron chi connectivity index (χ0n) is 10.7. The first-order chi connectivity index (χ1) is 9.86. The molecule has 0 aliphatic carbocycles. The Bertz CT molecular complexity index is 613. The van der Waals surface area contributed by atoms with Crippen LogP contribution in [-0.4, -0.2) is 6.61 Å². The van der Waals surface area contributed by atoms with Gasteiger partial charge in [0.25, 0.3) is 0 Å². The van der Waals surface area contributed by atoms with Crippen molar-refractivity contribution in [2.24, 2.45) is 0 Å². The third-order valence-corrected chi connectivity index (χ3v) is 4.35. The van der Waals surface area contributed by atoms with Crippen molar-refractivity contribution in [3.63, 3.8) is 0 Å². The second-order valence-electron chi connectivity index (χ2n) is 4.20. The molecule has 0 fully saturated rings. The van der Waals surface area contributed by atoms with Crippen LogP contribution in [0.25, 0.3) is 0 Å². The van der Waals surface area contributed by atoms with Crippen LogP contribution in [0.1, 0.15) is 18.5 Å². The minimum Gasteiger partial charge on any atom is -0.432 e. The molecule has 2 rings (SSSR count). The van der Waals surface area contributed by atoms with Gasteiger partial charge in [0.2, 0.25) is 0 Å². The molecule has 0 radical (unpaired) electrons. The third-order valence-electron chi connectivity index (χ3n) is 2.68. The Balaban J connectivity index is 2.18. The number of rotatable bonds is 5. The van der Waals surface area contributed by atoms with Crippen LogP contribution in [0.5, 0.6) is 5.75 Å². The van der Waals surface area contributed by atoms with Crippen molar-refractivity contribution >= 4 is 51.8 Å². The molecule has 0 aliphatic rings. The lowest BCUT2D eigenvalue weighted by atomic mass is 10.1. The maximum atomic E-state index is 12.2. The van der Waals surface area contributed by atoms with Gasteiger partial charge in [0.1, 0.15) is 0 Å². The van der Waals surface area contributed by atoms with Gasteiger partial charge < -0.3 is 10.1 Å². The molecule has 21 heavy (non-hydrogen) atoms. The lowest BCUT2D eigenvalue weighted by Crippen LogP contribution is -2.07. The molecule has 114 valence electrons. The number of thiophene rings is 1. The van der Waals surface area contributed by atoms with Crippen molar-refractivity contribution in [1.29, 1.82) is 0 Å². The minimum absolute atomic E-state index is 0.0147. The molecular formula is C13H10Cl3F2NOS. The highest BCUT2D eigenvalue weighted by Crippen LogP contribution is 2.38. The van der Waals surface area contributed by atoms with Crippen LogP contribution in [-0.2, 0) is 0 Å². The highest BCUT2D eigenvalue weighted by atomic mass is 35.5. The summed E-state index contributed by atoms with van der Waals surface area (Å²) in [4.78, 5) is 0. The van der Waals surface area contributed by atoms with E-state index in [0.29, 0.717) is 10.0 Å². The normalized spacial score (nSPS) is 12.5. The first kappa shape index (κ1) is 16.6. The Morgan fingerprint density at radius 2 is 1.76 bits per heavy atom. The summed E-state index contributed by atoms with van der Waals surface area (Å²) in [5.41, 5.74) is 1.60. The van der Waals surface area contributed by atoms with Crippen molar-refractivity contribution in [2.75, 3.05) is 5.32 Å². The lowest BCUT2D eigenvalue weighted by molar-refractivity contribution is -0.0497. The van der Waals surface area contributed by atoms with Crippen molar-refractivity contribution in [3.05, 3.63) is 43.5 Å². The van der Waals surface area contributed by atoms with E-state index in [9.17, 15) is 8.78 Å². The maximum Gasteiger partial charge on any atom is 0.387 e. The Morgan fingerprint density at radius 3 is 2.24 bits per heavy atom. The van der Waals surface area contributed by atoms with Gasteiger partial charge in [0, 0.05) is 11.7 Å². The second-order valence-corrected chi connectivity index (χ2v) is 6.55. The van der Waals surface area contributed by atoms with Crippen molar-refractivity contribution < 1.29 is 13.5 Å². The van der Waals surface area contributed by atoms with Crippen molar-refractivity contribution in [1.82, 2.24) is 0 Å². The second kappa shape index (κ2) is 7.01. The van der Waals surface area contributed by atoms with E-state index in [1.54, 1.807) is 0 Å². The number of hydrogen-bond donors (Lipinski definition) is 1. The first-order valence-corrected chi connectivity index (χ1v) is 7.82. The molecule has 1 aromatic carbocycles. The van der Waals surface area contributed by atoms with Gasteiger partial charge in [0.15, 0.2) is 5.75 Å². The average molecular weight is 373 g/mol. The van der Waals surface area contributed by atoms with E-state index in [4.69, 9.17) is 34.8 Å². The smallest absolute Gasteiger partial charge is 0.387 e. The standard InChI is InChI=1S/C13H10Cl3F2NOS/c1-6(7-2-11(16)21-5-7)19-8-3-9(14)12(10(15)4-8)20-13(17)18/h2-6,13,19H,1H3. The van der Waals surface area contributed by atoms with Gasteiger partial charge in [-0.2, -0.15) is 8.78 Å². The monoisotopic (exact) mass is 371 g/mol. The van der Waals surface area contributed by atoms with Crippen molar-refractivity contribution in [2.45, 2.75) is 19.6 Å². The molecule has 1 heterocycles. The van der Waals surface area contributed by atoms with Crippen LogP contribution < -0.4 is 10.1 Å². The number of hydrogen-bond acceptors (Lipinski definition) is 3. The van der Waals surface area contributed by atoms with Crippen molar-refractivity contribution in [3.8, 4) is 5.75 Å². The Labute approximate surface area is 139 Å². The molecular weight excluding hydrogens is 363 g/mol. The molecule has 0 spiro atoms. The van der Waals surface area contributed by atoms with E-state index in [0.717, 1.165) is 5.56 Å². The number of ether oxygens (including phenoxy) is 1. The zero-order valence-corrected chi connectivity index (χ0v) is 13.8. The average Bonchev–Trinajstić information content (AvgIpc) is 2.80. The van der Waals surface area contributed by atoms with E-state index in [-0.39, 0.29) is 21.8 Å². The molecule has 1 unspecified atom stereocenters. The summed E-state index contributed by atoms with van der Waals surface area (Å²) < 4.78 is 29.5. The van der Waals surface area contributed by atoms with E-state index >= 15 is 0 Å². The van der Waals surface area contributed by atoms with E-state index < -0.39 is 6.61 Å². The first-order valence-electron chi connectivity index (χ1n) is 5.81. The fourth-order valence-electron chi connectivity index (χ4n) is 1.73. The molecule has 0 saturated heterocycles. The van der Waals surface area contributed by atoms with Gasteiger partial charge in [-0.3, -0.25) is 0 Å². The predicted molar refractivity (Wildman–Crippen MR) is 84.5 cm³/mol. The van der Waals surface area contributed by atoms with Crippen LogP contribution in [0.4, 0.5) is 14.5 Å². The molecule has 1 atom stereocenters. The summed E-state index contributed by atoms with van der Waals surface area (Å²) in [6.07, 6.45) is 0. The maximum absolute atomic E-state index is 12.2. The highest BCUT2D eigenvalue weighted by Gasteiger charge is 2.15. The fraction of sp³-hybridized carbons (Fsp3) is 0.231. The van der Waals surface area contributed by atoms with Crippen LogP contribution in [0.2, 0.25) is 14.4 Å². The highest BCUT2D eigenvalue weighted by molar-refractivity contribution is 7.14. The summed E-state index contributed by atoms with van der Waals surface area (Å²) in [7, 11) is 0. The SMILES string of the molecule is CC(Nc1cc(Cl)c(OC(F)F)c(Cl)c1)c1csc(Cl)c1. The van der Waals surface area contributed by atoms with Crippen LogP contribution in [0.3, 0.4) is 0 Å². The lowest BCUT2D eigenvalue weighted by Gasteiger charge is -2.16. The van der Waals surface area contributed by atoms with E-state index in [1.165, 1.54) is 23.5 Å². The molecule has 0 bridgehead atoms. The summed E-state index contributed by atoms with van der Waals surface area (Å²) in [5.74, 6) is -0.231. The zero-order chi connectivity index (χ0) is 15.6. The number of alkyl halides is 2. The van der Waals surface area contributed by atoms with Crippen LogP contribution in [0, 0.1) is 0 Å². The van der Waals surface area contributed by atoms with Gasteiger partial charge in [-0.05, 0) is 36.1 Å². The van der Waals surface area contributed by atoms with Gasteiger partial charge in [-0.25, -0.2) is 0 Å². The predicted octanol–water partition coefficient (Wildman–Crippen LogP) is 6.48. The summed E-state index contributed by atoms with van der Waals surface area (Å²) >= 11 is 19.1. The Morgan fingerprint density at radius 1 is 1.14 bits per heavy atom. The molecule has 2 nitrogen and oxygen atoms in total. The summed E-state index contributed by atoms with van der Waals surface area (Å²) in [5, 5.41) is 5.13.